The molecule has 4 nitrogen and oxygen atoms in total. The predicted molar refractivity (Wildman–Crippen MR) is 253 cm³/mol. The zero-order valence-corrected chi connectivity index (χ0v) is 34.2. The Kier molecular flexibility index (Phi) is 8.68. The van der Waals surface area contributed by atoms with Gasteiger partial charge in [0.15, 0.2) is 28.8 Å². The lowest BCUT2D eigenvalue weighted by Gasteiger charge is -2.34. The van der Waals surface area contributed by atoms with Crippen molar-refractivity contribution in [3.63, 3.8) is 0 Å². The van der Waals surface area contributed by atoms with Crippen molar-refractivity contribution >= 4 is 0 Å². The van der Waals surface area contributed by atoms with Gasteiger partial charge in [0.1, 0.15) is 0 Å². The highest BCUT2D eigenvalue weighted by molar-refractivity contribution is 5.92. The third-order valence-corrected chi connectivity index (χ3v) is 12.5. The zero-order valence-electron chi connectivity index (χ0n) is 34.2. The van der Waals surface area contributed by atoms with Gasteiger partial charge in [0.25, 0.3) is 0 Å². The fourth-order valence-electron chi connectivity index (χ4n) is 9.70. The normalized spacial score (nSPS) is 12.8. The Bertz CT molecular complexity index is 3290. The maximum absolute atomic E-state index is 6.98. The Morgan fingerprint density at radius 1 is 0.317 bits per heavy atom. The Morgan fingerprint density at radius 2 is 0.841 bits per heavy atom. The van der Waals surface area contributed by atoms with Crippen molar-refractivity contribution in [3.8, 4) is 90.3 Å². The van der Waals surface area contributed by atoms with Crippen LogP contribution in [0.2, 0.25) is 0 Å². The van der Waals surface area contributed by atoms with Gasteiger partial charge in [-0.15, -0.1) is 0 Å². The van der Waals surface area contributed by atoms with Crippen LogP contribution in [-0.2, 0) is 5.41 Å². The summed E-state index contributed by atoms with van der Waals surface area (Å²) < 4.78 is 13.8. The van der Waals surface area contributed by atoms with E-state index in [-0.39, 0.29) is 0 Å². The van der Waals surface area contributed by atoms with Crippen LogP contribution in [-0.4, -0.2) is 9.97 Å². The van der Waals surface area contributed by atoms with E-state index in [9.17, 15) is 0 Å². The summed E-state index contributed by atoms with van der Waals surface area (Å²) >= 11 is 0. The number of hydrogen-bond acceptors (Lipinski definition) is 4. The van der Waals surface area contributed by atoms with E-state index in [1.165, 1.54) is 22.3 Å². The average Bonchev–Trinajstić information content (AvgIpc) is 3.68. The number of rotatable bonds is 7. The number of fused-ring (bicyclic) bond motifs is 6. The van der Waals surface area contributed by atoms with Crippen molar-refractivity contribution in [1.29, 1.82) is 0 Å². The molecule has 0 bridgehead atoms. The molecule has 4 heteroatoms. The molecule has 1 aliphatic heterocycles. The average molecular weight is 807 g/mol. The van der Waals surface area contributed by atoms with Crippen molar-refractivity contribution in [2.24, 2.45) is 0 Å². The molecule has 0 radical (unpaired) electrons. The van der Waals surface area contributed by atoms with Gasteiger partial charge in [0.05, 0.1) is 16.8 Å². The molecule has 10 aromatic rings. The SMILES string of the molecule is c1ccc(-c2cc(-c3ccccc3-c3ccccc3)nc(-c3ccccc3-c3ccc4c(c3)Oc3ccc5c(c3O4)-c3ccccc3C5(c3ccccc3)c3ccccc3)n2)cc1. The smallest absolute Gasteiger partial charge is 0.178 e. The minimum absolute atomic E-state index is 0.538. The van der Waals surface area contributed by atoms with Crippen LogP contribution in [0.3, 0.4) is 0 Å². The Morgan fingerprint density at radius 3 is 1.52 bits per heavy atom. The molecule has 0 spiro atoms. The molecule has 63 heavy (non-hydrogen) atoms. The van der Waals surface area contributed by atoms with Gasteiger partial charge >= 0.3 is 0 Å². The second-order valence-electron chi connectivity index (χ2n) is 16.0. The van der Waals surface area contributed by atoms with Crippen molar-refractivity contribution in [1.82, 2.24) is 9.97 Å². The summed E-state index contributed by atoms with van der Waals surface area (Å²) in [5.41, 5.74) is 15.3. The van der Waals surface area contributed by atoms with Gasteiger partial charge in [-0.05, 0) is 74.3 Å². The van der Waals surface area contributed by atoms with Crippen LogP contribution in [0.4, 0.5) is 0 Å². The monoisotopic (exact) mass is 806 g/mol. The number of ether oxygens (including phenoxy) is 2. The van der Waals surface area contributed by atoms with Crippen LogP contribution in [0.25, 0.3) is 67.3 Å². The summed E-state index contributed by atoms with van der Waals surface area (Å²) in [6.07, 6.45) is 0. The topological polar surface area (TPSA) is 44.2 Å². The molecule has 0 atom stereocenters. The van der Waals surface area contributed by atoms with E-state index in [1.54, 1.807) is 0 Å². The van der Waals surface area contributed by atoms with Crippen LogP contribution in [0.15, 0.2) is 231 Å². The van der Waals surface area contributed by atoms with Crippen LogP contribution in [0.1, 0.15) is 22.3 Å². The van der Waals surface area contributed by atoms with Gasteiger partial charge in [0, 0.05) is 22.3 Å². The van der Waals surface area contributed by atoms with E-state index in [1.807, 2.05) is 36.4 Å². The molecule has 1 aliphatic carbocycles. The molecule has 0 N–H and O–H groups in total. The maximum atomic E-state index is 6.98. The minimum Gasteiger partial charge on any atom is -0.449 e. The summed E-state index contributed by atoms with van der Waals surface area (Å²) in [6.45, 7) is 0. The molecule has 0 saturated carbocycles. The van der Waals surface area contributed by atoms with Crippen LogP contribution >= 0.6 is 0 Å². The summed E-state index contributed by atoms with van der Waals surface area (Å²) in [4.78, 5) is 10.6. The zero-order chi connectivity index (χ0) is 41.7. The van der Waals surface area contributed by atoms with Crippen molar-refractivity contribution < 1.29 is 9.47 Å². The van der Waals surface area contributed by atoms with Crippen molar-refractivity contribution in [3.05, 3.63) is 253 Å². The van der Waals surface area contributed by atoms with Gasteiger partial charge in [-0.3, -0.25) is 0 Å². The molecule has 2 heterocycles. The second kappa shape index (κ2) is 15.0. The molecule has 296 valence electrons. The second-order valence-corrected chi connectivity index (χ2v) is 16.0. The molecule has 1 aromatic heterocycles. The van der Waals surface area contributed by atoms with E-state index in [4.69, 9.17) is 19.4 Å². The summed E-state index contributed by atoms with van der Waals surface area (Å²) in [6, 6.07) is 80.5. The van der Waals surface area contributed by atoms with Gasteiger partial charge in [-0.2, -0.15) is 0 Å². The first-order chi connectivity index (χ1) is 31.2. The van der Waals surface area contributed by atoms with Gasteiger partial charge in [0.2, 0.25) is 0 Å². The third-order valence-electron chi connectivity index (χ3n) is 12.5. The first kappa shape index (κ1) is 36.5. The fourth-order valence-corrected chi connectivity index (χ4v) is 9.70. The summed E-state index contributed by atoms with van der Waals surface area (Å²) in [5, 5.41) is 0. The number of aromatic nitrogens is 2. The minimum atomic E-state index is -0.538. The van der Waals surface area contributed by atoms with Gasteiger partial charge < -0.3 is 9.47 Å². The lowest BCUT2D eigenvalue weighted by molar-refractivity contribution is 0.360. The highest BCUT2D eigenvalue weighted by Crippen LogP contribution is 2.62. The summed E-state index contributed by atoms with van der Waals surface area (Å²) in [7, 11) is 0. The fraction of sp³-hybridized carbons (Fsp3) is 0.0169. The highest BCUT2D eigenvalue weighted by Gasteiger charge is 2.48. The van der Waals surface area contributed by atoms with E-state index in [0.717, 1.165) is 67.2 Å². The summed E-state index contributed by atoms with van der Waals surface area (Å²) in [5.74, 6) is 3.35. The molecule has 0 unspecified atom stereocenters. The molecule has 0 saturated heterocycles. The van der Waals surface area contributed by atoms with Gasteiger partial charge in [-0.25, -0.2) is 9.97 Å². The number of hydrogen-bond donors (Lipinski definition) is 0. The number of benzene rings is 9. The molecule has 12 rings (SSSR count). The molecule has 2 aliphatic rings. The first-order valence-corrected chi connectivity index (χ1v) is 21.3. The molecule has 0 fully saturated rings. The third kappa shape index (κ3) is 5.99. The Labute approximate surface area is 366 Å². The highest BCUT2D eigenvalue weighted by atomic mass is 16.6. The quantitative estimate of drug-likeness (QED) is 0.161. The van der Waals surface area contributed by atoms with E-state index in [0.29, 0.717) is 23.1 Å². The number of nitrogens with zero attached hydrogens (tertiary/aromatic N) is 2. The lowest BCUT2D eigenvalue weighted by atomic mass is 9.68. The molecule has 9 aromatic carbocycles. The lowest BCUT2D eigenvalue weighted by Crippen LogP contribution is -2.28. The first-order valence-electron chi connectivity index (χ1n) is 21.3. The van der Waals surface area contributed by atoms with E-state index < -0.39 is 5.41 Å². The maximum Gasteiger partial charge on any atom is 0.178 e. The largest absolute Gasteiger partial charge is 0.449 e. The van der Waals surface area contributed by atoms with Crippen LogP contribution < -0.4 is 9.47 Å². The van der Waals surface area contributed by atoms with Gasteiger partial charge in [-0.1, -0.05) is 206 Å². The Hall–Kier alpha value is -8.34. The molecular formula is C59H38N2O2. The van der Waals surface area contributed by atoms with Crippen molar-refractivity contribution in [2.75, 3.05) is 0 Å². The van der Waals surface area contributed by atoms with Crippen molar-refractivity contribution in [2.45, 2.75) is 5.41 Å². The Balaban J connectivity index is 0.968. The molecule has 0 amide bonds. The van der Waals surface area contributed by atoms with E-state index in [2.05, 4.69) is 194 Å². The molecular weight excluding hydrogens is 769 g/mol. The van der Waals surface area contributed by atoms with Crippen LogP contribution in [0, 0.1) is 0 Å². The van der Waals surface area contributed by atoms with E-state index >= 15 is 0 Å². The standard InChI is InChI=1S/C59H38N2O2/c1-5-19-39(20-6-1)44-27-13-15-29-46(44)52-38-51(40-21-7-2-8-22-40)60-58(61-52)47-30-16-14-28-45(47)41-33-35-53-55(37-41)62-54-36-34-50-56(57(54)63-53)48-31-17-18-32-49(48)59(50,42-23-9-3-10-24-42)43-25-11-4-12-26-43/h1-38H. The van der Waals surface area contributed by atoms with Crippen LogP contribution in [0.5, 0.6) is 23.0 Å². The predicted octanol–water partition coefficient (Wildman–Crippen LogP) is 15.1.